The fourth-order valence-electron chi connectivity index (χ4n) is 31.5. The molecule has 12 heteroatoms. The van der Waals surface area contributed by atoms with Crippen molar-refractivity contribution in [3.8, 4) is 0 Å². The molecule has 9 saturated carbocycles. The number of carbonyl (C=O) groups excluding carboxylic acids is 5. The summed E-state index contributed by atoms with van der Waals surface area (Å²) >= 11 is 0. The van der Waals surface area contributed by atoms with E-state index in [0.29, 0.717) is 35.7 Å². The number of methoxy groups -OCH3 is 1. The van der Waals surface area contributed by atoms with Gasteiger partial charge >= 0.3 is 0 Å². The fraction of sp³-hybridized carbons (Fsp3) is 0.798. The third kappa shape index (κ3) is 12.0. The average Bonchev–Trinajstić information content (AvgIpc) is 0.680. The van der Waals surface area contributed by atoms with Crippen molar-refractivity contribution in [3.05, 3.63) is 104 Å². The van der Waals surface area contributed by atoms with Gasteiger partial charge in [-0.25, -0.2) is 14.5 Å². The summed E-state index contributed by atoms with van der Waals surface area (Å²) in [4.78, 5) is 80.7. The minimum absolute atomic E-state index is 0.00727. The van der Waals surface area contributed by atoms with Crippen LogP contribution in [0.1, 0.15) is 323 Å². The van der Waals surface area contributed by atoms with Gasteiger partial charge in [0.05, 0.1) is 19.7 Å². The number of carbonyl (C=O) groups is 5. The molecule has 21 atom stereocenters. The highest BCUT2D eigenvalue weighted by atomic mass is 16.5. The SMILES string of the molecule is [3H]C.[3H]C.[C-]#[N+]C1=C(O)C(C)(C)[C@@H]2CC[C@]3(C)C(=CC(=O)[C@@H]4[C@@H]5CC(C)(C)CC[C@]5(CCO)CC[C@]43C)[C@@]2(C)C1.[C-]#[N+]C1=C[C@]2(C)C3=CC(=O)[C@@H]4[C@@H]5CC(C)(C)CC[C@]5(CCO)CC[C@@]4(C)[C@]3(C)CC[C@H]2C(C)(C)C1=O.[C-]#[N+]C1=C[C@]2(C)C3=CC(=O)[C@@H]4[C@@H]5CC(C)(C)CC[C@]5(CCOC)CC[C@@]4(C)[C@]3(C)CC[C@H]2C(C)(C)C1=O. The molecule has 0 aromatic carbocycles. The Morgan fingerprint density at radius 2 is 0.748 bits per heavy atom. The highest BCUT2D eigenvalue weighted by Crippen LogP contribution is 2.80. The predicted octanol–water partition coefficient (Wildman–Crippen LogP) is 23.5. The molecule has 9 fully saturated rings. The Labute approximate surface area is 674 Å². The van der Waals surface area contributed by atoms with Crippen molar-refractivity contribution in [3.63, 3.8) is 0 Å². The number of rotatable bonds is 7. The van der Waals surface area contributed by atoms with Crippen LogP contribution in [-0.2, 0) is 28.7 Å². The molecule has 0 aliphatic heterocycles. The van der Waals surface area contributed by atoms with Crippen LogP contribution in [-0.4, -0.2) is 71.2 Å². The number of aliphatic hydroxyl groups excluding tert-OH is 3. The Morgan fingerprint density at radius 3 is 1.07 bits per heavy atom. The normalized spacial score (nSPS) is 45.8. The number of allylic oxidation sites excluding steroid dienone is 12. The second-order valence-corrected chi connectivity index (χ2v) is 45.7. The first-order valence-corrected chi connectivity index (χ1v) is 43.0. The van der Waals surface area contributed by atoms with E-state index in [1.165, 1.54) is 50.8 Å². The van der Waals surface area contributed by atoms with Gasteiger partial charge in [0.1, 0.15) is 5.76 Å². The Morgan fingerprint density at radius 1 is 0.432 bits per heavy atom. The molecule has 0 heterocycles. The molecule has 0 spiro atoms. The first-order chi connectivity index (χ1) is 52.4. The fourth-order valence-corrected chi connectivity index (χ4v) is 31.5. The van der Waals surface area contributed by atoms with Crippen molar-refractivity contribution in [2.45, 2.75) is 321 Å². The minimum Gasteiger partial charge on any atom is -0.523 e. The molecule has 12 nitrogen and oxygen atoms in total. The van der Waals surface area contributed by atoms with Crippen LogP contribution in [0.25, 0.3) is 14.5 Å². The molecule has 15 aliphatic rings. The molecule has 0 aromatic rings. The van der Waals surface area contributed by atoms with Gasteiger partial charge in [0.2, 0.25) is 17.1 Å². The van der Waals surface area contributed by atoms with Crippen molar-refractivity contribution in [1.29, 1.82) is 0 Å². The maximum Gasteiger partial charge on any atom is 0.226 e. The summed E-state index contributed by atoms with van der Waals surface area (Å²) in [5.74, 6) is 2.35. The molecule has 15 rings (SSSR count). The molecule has 15 aliphatic carbocycles. The van der Waals surface area contributed by atoms with Gasteiger partial charge in [-0.15, -0.1) is 0 Å². The first-order valence-electron chi connectivity index (χ1n) is 45.0. The molecule has 0 bridgehead atoms. The van der Waals surface area contributed by atoms with E-state index in [2.05, 4.69) is 132 Å². The summed E-state index contributed by atoms with van der Waals surface area (Å²) < 4.78 is 17.1. The topological polar surface area (TPSA) is 168 Å². The minimum atomic E-state index is -0.622. The number of aliphatic hydroxyl groups is 3. The van der Waals surface area contributed by atoms with Gasteiger partial charge in [0.15, 0.2) is 28.9 Å². The number of Topliss-reactive ketones (excluding diaryl/α,β-unsaturated/α-hetero) is 2. The van der Waals surface area contributed by atoms with Crippen molar-refractivity contribution in [1.82, 2.24) is 0 Å². The summed E-state index contributed by atoms with van der Waals surface area (Å²) in [6.45, 7) is 72.0. The lowest BCUT2D eigenvalue weighted by Crippen LogP contribution is -2.64. The Hall–Kier alpha value is -5.06. The Kier molecular flexibility index (Phi) is 20.8. The Balaban J connectivity index is 0.000000164. The lowest BCUT2D eigenvalue weighted by molar-refractivity contribution is -0.175. The monoisotopic (exact) mass is 1530 g/mol. The van der Waals surface area contributed by atoms with Gasteiger partial charge in [0.25, 0.3) is 0 Å². The average molecular weight is 1530 g/mol. The smallest absolute Gasteiger partial charge is 0.226 e. The van der Waals surface area contributed by atoms with Crippen LogP contribution >= 0.6 is 0 Å². The standard InChI is InChI=1S/C33H47NO3.C32H47NO3.C32H45NO3.2CH4/c1-28(2)12-14-33(16-17-37-9)15-13-32(7)26(21(33)19-28)23(35)18-25-30(5)20-22(34-8)27(36)29(3,4)24(30)10-11-31(25,32)6;2*1-27(2)11-13-32(15-16-34)14-12-31(7)25(20(32)18-27)22(35)17-24-29(5)19-21(33-8)26(36)28(3,4)23(29)9-10-30(24,31)6;;/h18,20-21,24,26H,10-17,19H2,1-7,9H3;17,20,23,25,34,36H,9-16,18-19H2,1-7H3;17,19-20,23,25,34H,9-16,18H2,1-7H3;2*1H4/t21-,24-,26-,30-,31+,32+,33+;2*20-,23-,25-,29-,30+,31+,32+;;/m000../s1/i;;;2*1T. The summed E-state index contributed by atoms with van der Waals surface area (Å²) in [6.07, 6.45) is 35.6. The van der Waals surface area contributed by atoms with Gasteiger partial charge in [0, 0.05) is 74.5 Å². The highest BCUT2D eigenvalue weighted by molar-refractivity contribution is 6.04. The molecule has 3 N–H and O–H groups in total. The first kappa shape index (κ1) is 83.9. The van der Waals surface area contributed by atoms with Gasteiger partial charge < -0.3 is 29.6 Å². The molecule has 0 saturated heterocycles. The van der Waals surface area contributed by atoms with Crippen LogP contribution in [0, 0.1) is 170 Å². The predicted molar refractivity (Wildman–Crippen MR) is 444 cm³/mol. The number of ether oxygens (including phenoxy) is 1. The van der Waals surface area contributed by atoms with E-state index in [1.54, 1.807) is 7.11 Å². The van der Waals surface area contributed by atoms with Gasteiger partial charge in [-0.1, -0.05) is 189 Å². The van der Waals surface area contributed by atoms with E-state index in [9.17, 15) is 39.3 Å². The molecule has 0 amide bonds. The number of nitrogens with zero attached hydrogens (tertiary/aromatic N) is 3. The van der Waals surface area contributed by atoms with Crippen LogP contribution in [0.4, 0.5) is 0 Å². The van der Waals surface area contributed by atoms with Gasteiger partial charge in [-0.3, -0.25) is 14.4 Å². The number of fused-ring (bicyclic) bond motifs is 21. The van der Waals surface area contributed by atoms with Crippen LogP contribution in [0.15, 0.2) is 69.9 Å². The zero-order chi connectivity index (χ0) is 84.3. The largest absolute Gasteiger partial charge is 0.523 e. The number of hydrogen-bond acceptors (Lipinski definition) is 9. The lowest BCUT2D eigenvalue weighted by atomic mass is 9.34. The van der Waals surface area contributed by atoms with Crippen molar-refractivity contribution >= 4 is 28.9 Å². The Bertz CT molecular complexity index is 4200. The van der Waals surface area contributed by atoms with E-state index in [0.717, 1.165) is 141 Å². The maximum atomic E-state index is 14.5. The maximum absolute atomic E-state index is 14.5. The van der Waals surface area contributed by atoms with E-state index in [-0.39, 0.29) is 159 Å². The van der Waals surface area contributed by atoms with Crippen LogP contribution in [0.5, 0.6) is 0 Å². The molecule has 111 heavy (non-hydrogen) atoms. The highest BCUT2D eigenvalue weighted by Gasteiger charge is 2.74. The molecular weight excluding hydrogens is 1380 g/mol. The van der Waals surface area contributed by atoms with Gasteiger partial charge in [-0.2, -0.15) is 0 Å². The molecule has 0 unspecified atom stereocenters. The van der Waals surface area contributed by atoms with Crippen LogP contribution in [0.2, 0.25) is 0 Å². The summed E-state index contributed by atoms with van der Waals surface area (Å²) in [5, 5.41) is 31.2. The summed E-state index contributed by atoms with van der Waals surface area (Å²) in [6, 6.07) is 0. The summed E-state index contributed by atoms with van der Waals surface area (Å²) in [7, 11) is 4.30. The second kappa shape index (κ2) is 27.5. The van der Waals surface area contributed by atoms with Crippen molar-refractivity contribution < 1.29 is 46.8 Å². The van der Waals surface area contributed by atoms with E-state index in [4.69, 9.17) is 27.2 Å². The molecule has 0 radical (unpaired) electrons. The van der Waals surface area contributed by atoms with Crippen LogP contribution in [0.3, 0.4) is 0 Å². The molecule has 0 aromatic heterocycles. The third-order valence-corrected chi connectivity index (χ3v) is 38.3. The van der Waals surface area contributed by atoms with Gasteiger partial charge in [-0.05, 0) is 285 Å². The quantitative estimate of drug-likeness (QED) is 0.210. The van der Waals surface area contributed by atoms with E-state index in [1.807, 2.05) is 58.1 Å². The lowest BCUT2D eigenvalue weighted by Gasteiger charge is -2.70. The van der Waals surface area contributed by atoms with Crippen LogP contribution < -0.4 is 0 Å². The molecule has 612 valence electrons. The summed E-state index contributed by atoms with van der Waals surface area (Å²) in [5.41, 5.74) is 1.79. The van der Waals surface area contributed by atoms with E-state index >= 15 is 0 Å². The van der Waals surface area contributed by atoms with E-state index < -0.39 is 27.1 Å². The zero-order valence-electron chi connectivity index (χ0n) is 75.5. The third-order valence-electron chi connectivity index (χ3n) is 38.3. The van der Waals surface area contributed by atoms with Crippen molar-refractivity contribution in [2.75, 3.05) is 26.9 Å². The second-order valence-electron chi connectivity index (χ2n) is 45.7. The zero-order valence-corrected chi connectivity index (χ0v) is 73.5. The van der Waals surface area contributed by atoms with Crippen molar-refractivity contribution in [2.24, 2.45) is 151 Å². The molecular formula is C99H147N3O9. The number of hydrogen-bond donors (Lipinski definition) is 3. The number of ketones is 5.